The van der Waals surface area contributed by atoms with Gasteiger partial charge in [-0.05, 0) is 40.2 Å². The number of carbonyl (C=O) groups excluding carboxylic acids is 1. The molecule has 2 aromatic rings. The van der Waals surface area contributed by atoms with Crippen molar-refractivity contribution in [2.45, 2.75) is 0 Å². The molecular weight excluding hydrogens is 315 g/mol. The second kappa shape index (κ2) is 4.65. The molecule has 1 nitrogen and oxygen atoms in total. The van der Waals surface area contributed by atoms with E-state index >= 15 is 0 Å². The van der Waals surface area contributed by atoms with E-state index in [-0.39, 0.29) is 16.4 Å². The van der Waals surface area contributed by atoms with E-state index in [9.17, 15) is 9.18 Å². The van der Waals surface area contributed by atoms with Gasteiger partial charge in [0.25, 0.3) is 0 Å². The van der Waals surface area contributed by atoms with Crippen LogP contribution in [0.15, 0.2) is 34.1 Å². The smallest absolute Gasteiger partial charge is 0.205 e. The van der Waals surface area contributed by atoms with Crippen LogP contribution in [-0.4, -0.2) is 5.78 Å². The molecule has 1 aromatic carbocycles. The van der Waals surface area contributed by atoms with Crippen molar-refractivity contribution in [3.05, 3.63) is 55.4 Å². The van der Waals surface area contributed by atoms with Crippen LogP contribution in [0.4, 0.5) is 4.39 Å². The lowest BCUT2D eigenvalue weighted by Gasteiger charge is -2.00. The molecule has 0 aliphatic heterocycles. The number of halogens is 3. The summed E-state index contributed by atoms with van der Waals surface area (Å²) in [4.78, 5) is 12.4. The van der Waals surface area contributed by atoms with Crippen LogP contribution in [0.1, 0.15) is 15.2 Å². The Morgan fingerprint density at radius 3 is 2.69 bits per heavy atom. The molecule has 2 rings (SSSR count). The SMILES string of the molecule is O=C(c1cc(Br)cs1)c1ccc(Cl)cc1F. The summed E-state index contributed by atoms with van der Waals surface area (Å²) in [5.74, 6) is -0.924. The summed E-state index contributed by atoms with van der Waals surface area (Å²) in [7, 11) is 0. The fourth-order valence-corrected chi connectivity index (χ4v) is 2.78. The van der Waals surface area contributed by atoms with Gasteiger partial charge in [-0.25, -0.2) is 4.39 Å². The molecule has 0 atom stereocenters. The quantitative estimate of drug-likeness (QED) is 0.743. The molecule has 0 N–H and O–H groups in total. The van der Waals surface area contributed by atoms with Gasteiger partial charge in [0.15, 0.2) is 0 Å². The first-order valence-corrected chi connectivity index (χ1v) is 6.37. The lowest BCUT2D eigenvalue weighted by atomic mass is 10.1. The molecule has 0 bridgehead atoms. The van der Waals surface area contributed by atoms with Crippen molar-refractivity contribution in [1.29, 1.82) is 0 Å². The highest BCUT2D eigenvalue weighted by Crippen LogP contribution is 2.24. The molecule has 0 spiro atoms. The molecule has 82 valence electrons. The standard InChI is InChI=1S/C11H5BrClFOS/c12-6-3-10(16-5-6)11(15)8-2-1-7(13)4-9(8)14/h1-5H. The largest absolute Gasteiger partial charge is 0.288 e. The maximum Gasteiger partial charge on any atom is 0.205 e. The highest BCUT2D eigenvalue weighted by molar-refractivity contribution is 9.10. The zero-order valence-electron chi connectivity index (χ0n) is 7.84. The number of thiophene rings is 1. The summed E-state index contributed by atoms with van der Waals surface area (Å²) in [5.41, 5.74) is 0.0405. The highest BCUT2D eigenvalue weighted by Gasteiger charge is 2.15. The number of ketones is 1. The molecule has 0 unspecified atom stereocenters. The minimum absolute atomic E-state index is 0.0405. The van der Waals surface area contributed by atoms with Crippen molar-refractivity contribution in [2.24, 2.45) is 0 Å². The molecule has 0 fully saturated rings. The Kier molecular flexibility index (Phi) is 3.42. The second-order valence-electron chi connectivity index (χ2n) is 3.08. The first-order chi connectivity index (χ1) is 7.58. The zero-order chi connectivity index (χ0) is 11.7. The topological polar surface area (TPSA) is 17.1 Å². The van der Waals surface area contributed by atoms with Crippen LogP contribution < -0.4 is 0 Å². The van der Waals surface area contributed by atoms with E-state index in [1.54, 1.807) is 11.4 Å². The lowest BCUT2D eigenvalue weighted by molar-refractivity contribution is 0.103. The minimum Gasteiger partial charge on any atom is -0.288 e. The maximum atomic E-state index is 13.5. The van der Waals surface area contributed by atoms with Gasteiger partial charge >= 0.3 is 0 Å². The van der Waals surface area contributed by atoms with Crippen molar-refractivity contribution in [1.82, 2.24) is 0 Å². The molecule has 0 amide bonds. The summed E-state index contributed by atoms with van der Waals surface area (Å²) in [6, 6.07) is 5.70. The zero-order valence-corrected chi connectivity index (χ0v) is 11.0. The number of rotatable bonds is 2. The summed E-state index contributed by atoms with van der Waals surface area (Å²) < 4.78 is 14.3. The van der Waals surface area contributed by atoms with E-state index in [1.165, 1.54) is 23.5 Å². The van der Waals surface area contributed by atoms with Crippen LogP contribution in [0.3, 0.4) is 0 Å². The summed E-state index contributed by atoms with van der Waals surface area (Å²) in [6.07, 6.45) is 0. The third-order valence-electron chi connectivity index (χ3n) is 1.97. The highest BCUT2D eigenvalue weighted by atomic mass is 79.9. The molecule has 0 saturated carbocycles. The Morgan fingerprint density at radius 1 is 1.38 bits per heavy atom. The predicted octanol–water partition coefficient (Wildman–Crippen LogP) is 4.53. The molecule has 1 aromatic heterocycles. The van der Waals surface area contributed by atoms with E-state index in [1.807, 2.05) is 0 Å². The molecule has 0 aliphatic carbocycles. The van der Waals surface area contributed by atoms with Gasteiger partial charge in [-0.1, -0.05) is 11.6 Å². The minimum atomic E-state index is -0.595. The molecule has 0 radical (unpaired) electrons. The van der Waals surface area contributed by atoms with Crippen LogP contribution in [0.25, 0.3) is 0 Å². The Hall–Kier alpha value is -0.710. The van der Waals surface area contributed by atoms with Crippen molar-refractivity contribution in [2.75, 3.05) is 0 Å². The van der Waals surface area contributed by atoms with Gasteiger partial charge in [0.2, 0.25) is 5.78 Å². The van der Waals surface area contributed by atoms with E-state index in [4.69, 9.17) is 11.6 Å². The fraction of sp³-hybridized carbons (Fsp3) is 0. The van der Waals surface area contributed by atoms with Crippen molar-refractivity contribution in [3.63, 3.8) is 0 Å². The lowest BCUT2D eigenvalue weighted by Crippen LogP contribution is -2.01. The van der Waals surface area contributed by atoms with E-state index in [0.29, 0.717) is 4.88 Å². The first-order valence-electron chi connectivity index (χ1n) is 4.31. The van der Waals surface area contributed by atoms with Crippen LogP contribution in [0.2, 0.25) is 5.02 Å². The molecular formula is C11H5BrClFOS. The number of hydrogen-bond donors (Lipinski definition) is 0. The first kappa shape index (κ1) is 11.8. The molecule has 16 heavy (non-hydrogen) atoms. The predicted molar refractivity (Wildman–Crippen MR) is 66.9 cm³/mol. The Morgan fingerprint density at radius 2 is 2.12 bits per heavy atom. The van der Waals surface area contributed by atoms with Crippen LogP contribution in [0.5, 0.6) is 0 Å². The third kappa shape index (κ3) is 2.34. The summed E-state index contributed by atoms with van der Waals surface area (Å²) in [6.45, 7) is 0. The second-order valence-corrected chi connectivity index (χ2v) is 5.35. The van der Waals surface area contributed by atoms with Gasteiger partial charge in [-0.3, -0.25) is 4.79 Å². The van der Waals surface area contributed by atoms with Crippen LogP contribution in [-0.2, 0) is 0 Å². The number of hydrogen-bond acceptors (Lipinski definition) is 2. The monoisotopic (exact) mass is 318 g/mol. The normalized spacial score (nSPS) is 10.4. The molecule has 5 heteroatoms. The Labute approximate surface area is 109 Å². The third-order valence-corrected chi connectivity index (χ3v) is 3.89. The van der Waals surface area contributed by atoms with Crippen LogP contribution in [0, 0.1) is 5.82 Å². The number of benzene rings is 1. The molecule has 0 saturated heterocycles. The average Bonchev–Trinajstić information content (AvgIpc) is 2.64. The van der Waals surface area contributed by atoms with Crippen LogP contribution >= 0.6 is 38.9 Å². The van der Waals surface area contributed by atoms with Crippen molar-refractivity contribution in [3.8, 4) is 0 Å². The maximum absolute atomic E-state index is 13.5. The Bertz CT molecular complexity index is 553. The molecule has 0 aliphatic rings. The number of carbonyl (C=O) groups is 1. The summed E-state index contributed by atoms with van der Waals surface area (Å²) in [5, 5.41) is 2.06. The van der Waals surface area contributed by atoms with Gasteiger partial charge in [0, 0.05) is 14.9 Å². The van der Waals surface area contributed by atoms with Gasteiger partial charge in [0.1, 0.15) is 5.82 Å². The van der Waals surface area contributed by atoms with Gasteiger partial charge in [-0.15, -0.1) is 11.3 Å². The van der Waals surface area contributed by atoms with Gasteiger partial charge < -0.3 is 0 Å². The Balaban J connectivity index is 2.41. The van der Waals surface area contributed by atoms with E-state index < -0.39 is 5.82 Å². The van der Waals surface area contributed by atoms with Gasteiger partial charge in [0.05, 0.1) is 10.4 Å². The van der Waals surface area contributed by atoms with E-state index in [2.05, 4.69) is 15.9 Å². The van der Waals surface area contributed by atoms with Crippen molar-refractivity contribution >= 4 is 44.7 Å². The van der Waals surface area contributed by atoms with Gasteiger partial charge in [-0.2, -0.15) is 0 Å². The summed E-state index contributed by atoms with van der Waals surface area (Å²) >= 11 is 10.1. The van der Waals surface area contributed by atoms with Crippen molar-refractivity contribution < 1.29 is 9.18 Å². The average molecular weight is 320 g/mol. The fourth-order valence-electron chi connectivity index (χ4n) is 1.24. The molecule has 1 heterocycles. The van der Waals surface area contributed by atoms with E-state index in [0.717, 1.165) is 10.5 Å².